The summed E-state index contributed by atoms with van der Waals surface area (Å²) in [4.78, 5) is 11.8. The van der Waals surface area contributed by atoms with Gasteiger partial charge in [0.15, 0.2) is 0 Å². The molecule has 0 heterocycles. The molecule has 0 radical (unpaired) electrons. The molecule has 0 aliphatic carbocycles. The second-order valence-electron chi connectivity index (χ2n) is 5.16. The number of benzene rings is 1. The van der Waals surface area contributed by atoms with Crippen molar-refractivity contribution in [2.75, 3.05) is 11.1 Å². The molecule has 0 aliphatic heterocycles. The highest BCUT2D eigenvalue weighted by atomic mass is 16.1. The van der Waals surface area contributed by atoms with Crippen molar-refractivity contribution in [3.8, 4) is 0 Å². The number of rotatable bonds is 8. The van der Waals surface area contributed by atoms with Crippen LogP contribution in [-0.4, -0.2) is 5.91 Å². The largest absolute Gasteiger partial charge is 0.397 e. The van der Waals surface area contributed by atoms with Gasteiger partial charge in [0.05, 0.1) is 11.4 Å². The fourth-order valence-corrected chi connectivity index (χ4v) is 2.06. The van der Waals surface area contributed by atoms with E-state index in [0.717, 1.165) is 24.1 Å². The Hall–Kier alpha value is -1.51. The normalized spacial score (nSPS) is 10.4. The van der Waals surface area contributed by atoms with E-state index in [1.54, 1.807) is 0 Å². The highest BCUT2D eigenvalue weighted by Gasteiger charge is 2.05. The maximum absolute atomic E-state index is 11.8. The molecule has 3 heteroatoms. The molecule has 0 saturated heterocycles. The monoisotopic (exact) mass is 262 g/mol. The minimum atomic E-state index is 0.0628. The van der Waals surface area contributed by atoms with Crippen LogP contribution < -0.4 is 11.1 Å². The number of hydrogen-bond donors (Lipinski definition) is 2. The molecular weight excluding hydrogens is 236 g/mol. The zero-order valence-electron chi connectivity index (χ0n) is 12.2. The van der Waals surface area contributed by atoms with Crippen LogP contribution in [0.2, 0.25) is 0 Å². The number of nitrogen functional groups attached to an aromatic ring is 1. The van der Waals surface area contributed by atoms with Gasteiger partial charge in [0.2, 0.25) is 5.91 Å². The Labute approximate surface area is 116 Å². The van der Waals surface area contributed by atoms with Gasteiger partial charge in [0.25, 0.3) is 0 Å². The molecule has 106 valence electrons. The average Bonchev–Trinajstić information content (AvgIpc) is 2.38. The van der Waals surface area contributed by atoms with Gasteiger partial charge in [-0.2, -0.15) is 0 Å². The maximum Gasteiger partial charge on any atom is 0.224 e. The number of nitrogens with two attached hydrogens (primary N) is 1. The number of carbonyl (C=O) groups excluding carboxylic acids is 1. The van der Waals surface area contributed by atoms with Crippen molar-refractivity contribution < 1.29 is 4.79 Å². The molecule has 0 saturated carbocycles. The average molecular weight is 262 g/mol. The fraction of sp³-hybridized carbons (Fsp3) is 0.562. The van der Waals surface area contributed by atoms with Gasteiger partial charge in [-0.25, -0.2) is 0 Å². The molecule has 0 aromatic heterocycles. The summed E-state index contributed by atoms with van der Waals surface area (Å²) in [6, 6.07) is 5.68. The van der Waals surface area contributed by atoms with Crippen molar-refractivity contribution in [1.82, 2.24) is 0 Å². The van der Waals surface area contributed by atoms with E-state index in [4.69, 9.17) is 5.73 Å². The van der Waals surface area contributed by atoms with Gasteiger partial charge in [-0.05, 0) is 31.0 Å². The standard InChI is InChI=1S/C16H26N2O/c1-3-4-5-6-7-8-9-16(19)18-15-12-13(2)10-11-14(15)17/h10-12H,3-9,17H2,1-2H3,(H,18,19). The third-order valence-electron chi connectivity index (χ3n) is 3.24. The first-order valence-corrected chi connectivity index (χ1v) is 7.29. The van der Waals surface area contributed by atoms with Crippen molar-refractivity contribution in [3.63, 3.8) is 0 Å². The predicted octanol–water partition coefficient (Wildman–Crippen LogP) is 4.27. The quantitative estimate of drug-likeness (QED) is 0.543. The summed E-state index contributed by atoms with van der Waals surface area (Å²) >= 11 is 0. The molecule has 3 nitrogen and oxygen atoms in total. The predicted molar refractivity (Wildman–Crippen MR) is 82.2 cm³/mol. The third kappa shape index (κ3) is 6.27. The molecule has 0 atom stereocenters. The second-order valence-corrected chi connectivity index (χ2v) is 5.16. The van der Waals surface area contributed by atoms with E-state index in [-0.39, 0.29) is 5.91 Å². The minimum absolute atomic E-state index is 0.0628. The molecule has 1 aromatic rings. The molecule has 1 amide bonds. The Morgan fingerprint density at radius 1 is 1.16 bits per heavy atom. The lowest BCUT2D eigenvalue weighted by atomic mass is 10.1. The fourth-order valence-electron chi connectivity index (χ4n) is 2.06. The van der Waals surface area contributed by atoms with E-state index >= 15 is 0 Å². The number of carbonyl (C=O) groups is 1. The summed E-state index contributed by atoms with van der Waals surface area (Å²) in [7, 11) is 0. The molecule has 19 heavy (non-hydrogen) atoms. The molecule has 1 aromatic carbocycles. The van der Waals surface area contributed by atoms with Crippen molar-refractivity contribution >= 4 is 17.3 Å². The minimum Gasteiger partial charge on any atom is -0.397 e. The molecule has 0 unspecified atom stereocenters. The van der Waals surface area contributed by atoms with Gasteiger partial charge in [0, 0.05) is 6.42 Å². The van der Waals surface area contributed by atoms with Crippen molar-refractivity contribution in [2.45, 2.75) is 58.8 Å². The Balaban J connectivity index is 2.25. The van der Waals surface area contributed by atoms with Crippen LogP contribution in [-0.2, 0) is 4.79 Å². The number of aryl methyl sites for hydroxylation is 1. The van der Waals surface area contributed by atoms with E-state index in [2.05, 4.69) is 12.2 Å². The van der Waals surface area contributed by atoms with Gasteiger partial charge >= 0.3 is 0 Å². The first kappa shape index (κ1) is 15.5. The van der Waals surface area contributed by atoms with Gasteiger partial charge in [-0.3, -0.25) is 4.79 Å². The van der Waals surface area contributed by atoms with Crippen LogP contribution in [0.15, 0.2) is 18.2 Å². The van der Waals surface area contributed by atoms with Gasteiger partial charge in [0.1, 0.15) is 0 Å². The Kier molecular flexibility index (Phi) is 7.01. The first-order chi connectivity index (χ1) is 9.13. The second kappa shape index (κ2) is 8.57. The lowest BCUT2D eigenvalue weighted by molar-refractivity contribution is -0.116. The molecule has 3 N–H and O–H groups in total. The molecule has 0 bridgehead atoms. The summed E-state index contributed by atoms with van der Waals surface area (Å²) in [5.41, 5.74) is 8.29. The number of amides is 1. The molecule has 0 spiro atoms. The van der Waals surface area contributed by atoms with Crippen molar-refractivity contribution in [2.24, 2.45) is 0 Å². The van der Waals surface area contributed by atoms with Crippen LogP contribution in [0, 0.1) is 6.92 Å². The van der Waals surface area contributed by atoms with Gasteiger partial charge < -0.3 is 11.1 Å². The van der Waals surface area contributed by atoms with Crippen molar-refractivity contribution in [1.29, 1.82) is 0 Å². The van der Waals surface area contributed by atoms with E-state index in [1.165, 1.54) is 25.7 Å². The summed E-state index contributed by atoms with van der Waals surface area (Å²) in [5.74, 6) is 0.0628. The SMILES string of the molecule is CCCCCCCCC(=O)Nc1cc(C)ccc1N. The number of anilines is 2. The van der Waals surface area contributed by atoms with E-state index in [9.17, 15) is 4.79 Å². The number of unbranched alkanes of at least 4 members (excludes halogenated alkanes) is 5. The zero-order chi connectivity index (χ0) is 14.1. The lowest BCUT2D eigenvalue weighted by Gasteiger charge is -2.09. The maximum atomic E-state index is 11.8. The molecule has 0 fully saturated rings. The molecule has 1 rings (SSSR count). The van der Waals surface area contributed by atoms with Crippen molar-refractivity contribution in [3.05, 3.63) is 23.8 Å². The molecular formula is C16H26N2O. The topological polar surface area (TPSA) is 55.1 Å². The summed E-state index contributed by atoms with van der Waals surface area (Å²) < 4.78 is 0. The smallest absolute Gasteiger partial charge is 0.224 e. The summed E-state index contributed by atoms with van der Waals surface area (Å²) in [5, 5.41) is 2.89. The number of hydrogen-bond acceptors (Lipinski definition) is 2. The Morgan fingerprint density at radius 2 is 1.84 bits per heavy atom. The lowest BCUT2D eigenvalue weighted by Crippen LogP contribution is -2.12. The zero-order valence-corrected chi connectivity index (χ0v) is 12.2. The molecule has 0 aliphatic rings. The highest BCUT2D eigenvalue weighted by Crippen LogP contribution is 2.20. The highest BCUT2D eigenvalue weighted by molar-refractivity contribution is 5.93. The Morgan fingerprint density at radius 3 is 2.58 bits per heavy atom. The van der Waals surface area contributed by atoms with Crippen LogP contribution in [0.4, 0.5) is 11.4 Å². The van der Waals surface area contributed by atoms with Crippen LogP contribution >= 0.6 is 0 Å². The van der Waals surface area contributed by atoms with E-state index < -0.39 is 0 Å². The van der Waals surface area contributed by atoms with Crippen LogP contribution in [0.1, 0.15) is 57.4 Å². The first-order valence-electron chi connectivity index (χ1n) is 7.29. The van der Waals surface area contributed by atoms with Gasteiger partial charge in [-0.1, -0.05) is 45.1 Å². The van der Waals surface area contributed by atoms with Crippen LogP contribution in [0.5, 0.6) is 0 Å². The summed E-state index contributed by atoms with van der Waals surface area (Å²) in [6.45, 7) is 4.20. The van der Waals surface area contributed by atoms with Crippen LogP contribution in [0.3, 0.4) is 0 Å². The van der Waals surface area contributed by atoms with Crippen LogP contribution in [0.25, 0.3) is 0 Å². The summed E-state index contributed by atoms with van der Waals surface area (Å²) in [6.07, 6.45) is 7.74. The van der Waals surface area contributed by atoms with Gasteiger partial charge in [-0.15, -0.1) is 0 Å². The van der Waals surface area contributed by atoms with E-state index in [0.29, 0.717) is 12.1 Å². The number of nitrogens with one attached hydrogen (secondary N) is 1. The van der Waals surface area contributed by atoms with E-state index in [1.807, 2.05) is 25.1 Å². The Bertz CT molecular complexity index is 402. The third-order valence-corrected chi connectivity index (χ3v) is 3.24.